The molecule has 0 saturated heterocycles. The standard InChI is InChI=1S/C24H33FN2O3/c1-3-5-15-27(16-6-4-2)17-21(28)18-30-23-10-8-7-9-22(23)24(29)26-20-13-11-19(25)12-14-20/h7-14,21,28H,3-6,15-18H2,1-2H3,(H,26,29). The third-order valence-electron chi connectivity index (χ3n) is 4.79. The van der Waals surface area contributed by atoms with Crippen molar-refractivity contribution in [2.24, 2.45) is 0 Å². The molecule has 0 aliphatic heterocycles. The Balaban J connectivity index is 1.94. The molecule has 0 aliphatic rings. The molecule has 6 heteroatoms. The summed E-state index contributed by atoms with van der Waals surface area (Å²) < 4.78 is 18.8. The molecule has 2 N–H and O–H groups in total. The highest BCUT2D eigenvalue weighted by atomic mass is 19.1. The smallest absolute Gasteiger partial charge is 0.259 e. The highest BCUT2D eigenvalue weighted by Crippen LogP contribution is 2.20. The van der Waals surface area contributed by atoms with Crippen molar-refractivity contribution in [2.45, 2.75) is 45.6 Å². The van der Waals surface area contributed by atoms with Gasteiger partial charge < -0.3 is 20.1 Å². The van der Waals surface area contributed by atoms with Gasteiger partial charge in [0.2, 0.25) is 0 Å². The summed E-state index contributed by atoms with van der Waals surface area (Å²) in [6.45, 7) is 6.89. The van der Waals surface area contributed by atoms with E-state index in [4.69, 9.17) is 4.74 Å². The molecule has 0 heterocycles. The second-order valence-corrected chi connectivity index (χ2v) is 7.43. The number of rotatable bonds is 13. The van der Waals surface area contributed by atoms with Crippen LogP contribution in [-0.4, -0.2) is 48.3 Å². The van der Waals surface area contributed by atoms with Gasteiger partial charge in [0, 0.05) is 12.2 Å². The van der Waals surface area contributed by atoms with Crippen molar-refractivity contribution < 1.29 is 19.0 Å². The van der Waals surface area contributed by atoms with Crippen LogP contribution in [0.25, 0.3) is 0 Å². The third-order valence-corrected chi connectivity index (χ3v) is 4.79. The maximum atomic E-state index is 13.1. The number of hydrogen-bond donors (Lipinski definition) is 2. The number of hydrogen-bond acceptors (Lipinski definition) is 4. The quantitative estimate of drug-likeness (QED) is 0.496. The zero-order valence-electron chi connectivity index (χ0n) is 17.9. The van der Waals surface area contributed by atoms with Crippen LogP contribution in [0, 0.1) is 5.82 Å². The lowest BCUT2D eigenvalue weighted by molar-refractivity contribution is 0.0665. The molecular weight excluding hydrogens is 383 g/mol. The van der Waals surface area contributed by atoms with Crippen molar-refractivity contribution in [1.29, 1.82) is 0 Å². The summed E-state index contributed by atoms with van der Waals surface area (Å²) >= 11 is 0. The Hall–Kier alpha value is -2.44. The monoisotopic (exact) mass is 416 g/mol. The minimum atomic E-state index is -0.646. The van der Waals surface area contributed by atoms with Gasteiger partial charge in [0.15, 0.2) is 0 Å². The zero-order chi connectivity index (χ0) is 21.8. The van der Waals surface area contributed by atoms with Crippen LogP contribution in [0.1, 0.15) is 49.9 Å². The van der Waals surface area contributed by atoms with E-state index in [1.165, 1.54) is 24.3 Å². The Labute approximate surface area is 178 Å². The highest BCUT2D eigenvalue weighted by molar-refractivity contribution is 6.06. The van der Waals surface area contributed by atoms with Crippen molar-refractivity contribution >= 4 is 11.6 Å². The number of carbonyl (C=O) groups excluding carboxylic acids is 1. The van der Waals surface area contributed by atoms with Crippen molar-refractivity contribution in [3.63, 3.8) is 0 Å². The second kappa shape index (κ2) is 13.0. The van der Waals surface area contributed by atoms with Crippen LogP contribution in [0.4, 0.5) is 10.1 Å². The van der Waals surface area contributed by atoms with E-state index in [0.717, 1.165) is 38.8 Å². The Morgan fingerprint density at radius 2 is 1.70 bits per heavy atom. The number of carbonyl (C=O) groups is 1. The van der Waals surface area contributed by atoms with Gasteiger partial charge >= 0.3 is 0 Å². The van der Waals surface area contributed by atoms with E-state index in [0.29, 0.717) is 23.5 Å². The Kier molecular flexibility index (Phi) is 10.3. The summed E-state index contributed by atoms with van der Waals surface area (Å²) in [5.74, 6) is -0.304. The first kappa shape index (κ1) is 23.8. The van der Waals surface area contributed by atoms with Crippen LogP contribution < -0.4 is 10.1 Å². The fourth-order valence-corrected chi connectivity index (χ4v) is 3.11. The fraction of sp³-hybridized carbons (Fsp3) is 0.458. The number of aliphatic hydroxyl groups is 1. The molecule has 2 aromatic rings. The summed E-state index contributed by atoms with van der Waals surface area (Å²) in [7, 11) is 0. The summed E-state index contributed by atoms with van der Waals surface area (Å²) in [4.78, 5) is 14.9. The molecule has 30 heavy (non-hydrogen) atoms. The first-order valence-electron chi connectivity index (χ1n) is 10.7. The number of ether oxygens (including phenoxy) is 1. The van der Waals surface area contributed by atoms with Gasteiger partial charge in [0.1, 0.15) is 24.3 Å². The lowest BCUT2D eigenvalue weighted by Gasteiger charge is -2.25. The van der Waals surface area contributed by atoms with E-state index >= 15 is 0 Å². The molecule has 0 aliphatic carbocycles. The summed E-state index contributed by atoms with van der Waals surface area (Å²) in [5.41, 5.74) is 0.863. The average molecular weight is 417 g/mol. The Morgan fingerprint density at radius 3 is 2.33 bits per heavy atom. The molecule has 0 saturated carbocycles. The van der Waals surface area contributed by atoms with Gasteiger partial charge in [-0.05, 0) is 62.3 Å². The van der Waals surface area contributed by atoms with Gasteiger partial charge in [-0.1, -0.05) is 38.8 Å². The molecule has 0 radical (unpaired) electrons. The predicted molar refractivity (Wildman–Crippen MR) is 119 cm³/mol. The first-order valence-corrected chi connectivity index (χ1v) is 10.7. The number of benzene rings is 2. The number of halogens is 1. The van der Waals surface area contributed by atoms with Crippen LogP contribution >= 0.6 is 0 Å². The molecule has 0 aromatic heterocycles. The van der Waals surface area contributed by atoms with Crippen molar-refractivity contribution in [1.82, 2.24) is 4.90 Å². The second-order valence-electron chi connectivity index (χ2n) is 7.43. The van der Waals surface area contributed by atoms with Crippen molar-refractivity contribution in [3.8, 4) is 5.75 Å². The van der Waals surface area contributed by atoms with Crippen molar-refractivity contribution in [3.05, 3.63) is 59.9 Å². The largest absolute Gasteiger partial charge is 0.490 e. The van der Waals surface area contributed by atoms with Crippen molar-refractivity contribution in [2.75, 3.05) is 31.6 Å². The number of unbranched alkanes of at least 4 members (excludes halogenated alkanes) is 2. The average Bonchev–Trinajstić information content (AvgIpc) is 2.76. The molecule has 2 rings (SSSR count). The number of anilines is 1. The van der Waals surface area contributed by atoms with E-state index in [1.807, 2.05) is 0 Å². The number of amides is 1. The molecule has 2 aromatic carbocycles. The molecule has 164 valence electrons. The first-order chi connectivity index (χ1) is 14.5. The van der Waals surface area contributed by atoms with Crippen LogP contribution in [0.5, 0.6) is 5.75 Å². The summed E-state index contributed by atoms with van der Waals surface area (Å²) in [5, 5.41) is 13.2. The van der Waals surface area contributed by atoms with Gasteiger partial charge in [0.05, 0.1) is 5.56 Å². The highest BCUT2D eigenvalue weighted by Gasteiger charge is 2.16. The number of aliphatic hydroxyl groups excluding tert-OH is 1. The van der Waals surface area contributed by atoms with Crippen LogP contribution in [0.2, 0.25) is 0 Å². The number of nitrogens with one attached hydrogen (secondary N) is 1. The molecule has 0 fully saturated rings. The lowest BCUT2D eigenvalue weighted by Crippen LogP contribution is -2.37. The summed E-state index contributed by atoms with van der Waals surface area (Å²) in [6.07, 6.45) is 3.79. The normalized spacial score (nSPS) is 12.0. The van der Waals surface area contributed by atoms with E-state index in [-0.39, 0.29) is 18.3 Å². The minimum absolute atomic E-state index is 0.107. The lowest BCUT2D eigenvalue weighted by atomic mass is 10.1. The van der Waals surface area contributed by atoms with Crippen LogP contribution in [-0.2, 0) is 0 Å². The van der Waals surface area contributed by atoms with Gasteiger partial charge in [-0.15, -0.1) is 0 Å². The zero-order valence-corrected chi connectivity index (χ0v) is 17.9. The number of para-hydroxylation sites is 1. The Bertz CT molecular complexity index is 759. The van der Waals surface area contributed by atoms with Gasteiger partial charge in [0.25, 0.3) is 5.91 Å². The molecule has 1 unspecified atom stereocenters. The van der Waals surface area contributed by atoms with E-state index < -0.39 is 6.10 Å². The molecule has 1 atom stereocenters. The fourth-order valence-electron chi connectivity index (χ4n) is 3.11. The van der Waals surface area contributed by atoms with Gasteiger partial charge in [-0.2, -0.15) is 0 Å². The van der Waals surface area contributed by atoms with E-state index in [9.17, 15) is 14.3 Å². The molecule has 1 amide bonds. The summed E-state index contributed by atoms with van der Waals surface area (Å²) in [6, 6.07) is 12.5. The SMILES string of the molecule is CCCCN(CCCC)CC(O)COc1ccccc1C(=O)Nc1ccc(F)cc1. The van der Waals surface area contributed by atoms with Crippen LogP contribution in [0.3, 0.4) is 0 Å². The molecular formula is C24H33FN2O3. The van der Waals surface area contributed by atoms with Gasteiger partial charge in [-0.25, -0.2) is 4.39 Å². The topological polar surface area (TPSA) is 61.8 Å². The van der Waals surface area contributed by atoms with E-state index in [2.05, 4.69) is 24.1 Å². The maximum Gasteiger partial charge on any atom is 0.259 e. The minimum Gasteiger partial charge on any atom is -0.490 e. The third kappa shape index (κ3) is 8.13. The van der Waals surface area contributed by atoms with Crippen LogP contribution in [0.15, 0.2) is 48.5 Å². The molecule has 5 nitrogen and oxygen atoms in total. The van der Waals surface area contributed by atoms with Gasteiger partial charge in [-0.3, -0.25) is 4.79 Å². The number of nitrogens with zero attached hydrogens (tertiary/aromatic N) is 1. The molecule has 0 spiro atoms. The van der Waals surface area contributed by atoms with E-state index in [1.54, 1.807) is 24.3 Å². The Morgan fingerprint density at radius 1 is 1.07 bits per heavy atom. The maximum absolute atomic E-state index is 13.1. The predicted octanol–water partition coefficient (Wildman–Crippen LogP) is 4.72. The molecule has 0 bridgehead atoms.